The Kier molecular flexibility index (Phi) is 13.1. The Hall–Kier alpha value is -5.48. The summed E-state index contributed by atoms with van der Waals surface area (Å²) >= 11 is -10.2. The van der Waals surface area contributed by atoms with E-state index in [1.807, 2.05) is 75.5 Å². The Labute approximate surface area is 367 Å². The molecule has 0 bridgehead atoms. The Morgan fingerprint density at radius 3 is 1.89 bits per heavy atom. The Bertz CT molecular complexity index is 2940. The maximum absolute atomic E-state index is 13.1. The quantitative estimate of drug-likeness (QED) is 0.0286. The molecular weight excluding hydrogens is 979 g/mol. The van der Waals surface area contributed by atoms with Crippen LogP contribution in [-0.4, -0.2) is 74.2 Å². The summed E-state index contributed by atoms with van der Waals surface area (Å²) in [7, 11) is 0. The number of fused-ring (bicyclic) bond motifs is 4. The van der Waals surface area contributed by atoms with Gasteiger partial charge in [0.1, 0.15) is 6.54 Å². The monoisotopic (exact) mass is 1020 g/mol. The van der Waals surface area contributed by atoms with Crippen molar-refractivity contribution in [3.8, 4) is 17.2 Å². The number of amides is 1. The molecule has 0 saturated heterocycles. The molecule has 0 atom stereocenters. The fourth-order valence-electron chi connectivity index (χ4n) is 7.85. The molecule has 0 spiro atoms. The van der Waals surface area contributed by atoms with Crippen LogP contribution < -0.4 is 25.2 Å². The fraction of sp³-hybridized carbons (Fsp3) is 0.250. The average Bonchev–Trinajstić information content (AvgIpc) is 3.16. The Balaban J connectivity index is 0.000000301. The zero-order valence-corrected chi connectivity index (χ0v) is 38.3. The van der Waals surface area contributed by atoms with Crippen LogP contribution in [0.4, 0.5) is 22.0 Å². The predicted molar refractivity (Wildman–Crippen MR) is 221 cm³/mol. The summed E-state index contributed by atoms with van der Waals surface area (Å²) in [6.45, 7) is 8.19. The van der Waals surface area contributed by atoms with Gasteiger partial charge in [-0.2, -0.15) is 8.78 Å². The minimum atomic E-state index is -5.11. The van der Waals surface area contributed by atoms with E-state index in [9.17, 15) is 65.3 Å². The molecule has 0 radical (unpaired) electrons. The molecule has 2 aliphatic carbocycles. The number of carbonyl (C=O) groups excluding carboxylic acids is 2. The number of carboxylic acids is 1. The number of rotatable bonds is 9. The summed E-state index contributed by atoms with van der Waals surface area (Å²) < 4.78 is 139. The molecule has 0 fully saturated rings. The SMILES string of the molecule is CC(=O)NCC(=O)Oc1c(F)c(F)c(F)c(F)c1F.CC1(C)C=C(C[As](=O)(O)O)c2cc3c(cc2=C1)Oc1cc2c(cc1C=3c1ccccc1C(=O)O)C(C[As](=O)(O)O)=CC(C)(C)C2. The first kappa shape index (κ1) is 48.0. The summed E-state index contributed by atoms with van der Waals surface area (Å²) in [6, 6.07) is 14.0. The topological polar surface area (TPSA) is 217 Å². The number of hydrogen-bond acceptors (Lipinski definition) is 7. The van der Waals surface area contributed by atoms with Crippen molar-refractivity contribution < 1.29 is 74.8 Å². The zero-order chi connectivity index (χ0) is 47.4. The van der Waals surface area contributed by atoms with Crippen molar-refractivity contribution in [2.75, 3.05) is 6.54 Å². The molecule has 20 heteroatoms. The zero-order valence-electron chi connectivity index (χ0n) is 34.6. The number of halogens is 5. The van der Waals surface area contributed by atoms with Crippen molar-refractivity contribution in [2.45, 2.75) is 51.5 Å². The van der Waals surface area contributed by atoms with E-state index in [2.05, 4.69) is 4.74 Å². The van der Waals surface area contributed by atoms with E-state index >= 15 is 0 Å². The van der Waals surface area contributed by atoms with Crippen molar-refractivity contribution >= 4 is 69.0 Å². The van der Waals surface area contributed by atoms with Crippen molar-refractivity contribution in [3.05, 3.63) is 134 Å². The second-order valence-electron chi connectivity index (χ2n) is 16.7. The van der Waals surface area contributed by atoms with Gasteiger partial charge in [-0.1, -0.05) is 0 Å². The van der Waals surface area contributed by atoms with Gasteiger partial charge in [0.2, 0.25) is 40.7 Å². The molecule has 1 aliphatic heterocycles. The van der Waals surface area contributed by atoms with E-state index in [0.717, 1.165) is 17.7 Å². The summed E-state index contributed by atoms with van der Waals surface area (Å²) in [5.41, 5.74) is 3.94. The van der Waals surface area contributed by atoms with Crippen LogP contribution in [0.25, 0.3) is 22.8 Å². The molecule has 338 valence electrons. The number of ether oxygens (including phenoxy) is 2. The summed E-state index contributed by atoms with van der Waals surface area (Å²) in [6.07, 6.45) is 6.37. The number of allylic oxidation sites excluding steroid dienone is 4. The van der Waals surface area contributed by atoms with Gasteiger partial charge in [-0.05, 0) is 0 Å². The van der Waals surface area contributed by atoms with E-state index in [-0.39, 0.29) is 16.2 Å². The van der Waals surface area contributed by atoms with Crippen molar-refractivity contribution in [2.24, 2.45) is 10.8 Å². The average molecular weight is 1020 g/mol. The van der Waals surface area contributed by atoms with Gasteiger partial charge in [0.25, 0.3) is 0 Å². The number of nitrogens with one attached hydrogen (secondary N) is 1. The standard InChI is InChI=1S/C34H34As2O9.C10H6F5NO3/c1-33(2)13-19-9-29-27(11-25(19)21(15-33)17-35(39,40)41)31(23-7-5-6-8-24(23)32(37)38)28-12-26-20(10-30(28)45-29)14-34(3,4)16-22(26)18-36(42,43)44;1-3(17)16-2-4(18)19-10-8(14)6(12)5(11)7(13)9(10)15/h5-13,15-16H,14,17-18H2,1-4H3,(H,37,38)(H2,39,40,41)(H2,42,43,44);2H2,1H3,(H,16,17). The van der Waals surface area contributed by atoms with E-state index in [0.29, 0.717) is 62.1 Å². The molecule has 6 N–H and O–H groups in total. The summed E-state index contributed by atoms with van der Waals surface area (Å²) in [4.78, 5) is 33.9. The number of aromatic carboxylic acids is 1. The van der Waals surface area contributed by atoms with Crippen LogP contribution >= 0.6 is 0 Å². The van der Waals surface area contributed by atoms with Crippen LogP contribution in [0.2, 0.25) is 10.4 Å². The molecule has 7 rings (SSSR count). The van der Waals surface area contributed by atoms with E-state index in [4.69, 9.17) is 4.74 Å². The van der Waals surface area contributed by atoms with Gasteiger partial charge in [0, 0.05) is 6.92 Å². The number of carboxylic acid groups (broad SMARTS) is 1. The van der Waals surface area contributed by atoms with Crippen LogP contribution in [0.5, 0.6) is 17.2 Å². The Morgan fingerprint density at radius 1 is 0.734 bits per heavy atom. The molecule has 64 heavy (non-hydrogen) atoms. The van der Waals surface area contributed by atoms with Crippen molar-refractivity contribution in [1.29, 1.82) is 0 Å². The molecule has 0 unspecified atom stereocenters. The third kappa shape index (κ3) is 10.5. The summed E-state index contributed by atoms with van der Waals surface area (Å²) in [5.74, 6) is -15.3. The number of hydrogen-bond donors (Lipinski definition) is 6. The van der Waals surface area contributed by atoms with Gasteiger partial charge in [-0.3, -0.25) is 4.79 Å². The van der Waals surface area contributed by atoms with Crippen molar-refractivity contribution in [1.82, 2.24) is 5.32 Å². The predicted octanol–water partition coefficient (Wildman–Crippen LogP) is 5.04. The second kappa shape index (κ2) is 17.5. The molecule has 0 saturated carbocycles. The van der Waals surface area contributed by atoms with E-state index in [1.54, 1.807) is 18.2 Å². The van der Waals surface area contributed by atoms with Gasteiger partial charge in [-0.25, -0.2) is 18.0 Å². The normalized spacial score (nSPS) is 15.6. The molecule has 13 nitrogen and oxygen atoms in total. The van der Waals surface area contributed by atoms with Gasteiger partial charge >= 0.3 is 273 Å². The van der Waals surface area contributed by atoms with Crippen LogP contribution in [0.15, 0.2) is 60.7 Å². The minimum absolute atomic E-state index is 0.0546. The van der Waals surface area contributed by atoms with Crippen LogP contribution in [0.3, 0.4) is 0 Å². The first-order chi connectivity index (χ1) is 29.5. The van der Waals surface area contributed by atoms with E-state index < -0.39 is 98.2 Å². The van der Waals surface area contributed by atoms with Crippen LogP contribution in [-0.2, 0) is 23.5 Å². The van der Waals surface area contributed by atoms with Gasteiger partial charge in [0.05, 0.1) is 0 Å². The first-order valence-corrected chi connectivity index (χ1v) is 26.7. The molecule has 1 amide bonds. The maximum atomic E-state index is 13.1. The fourth-order valence-corrected chi connectivity index (χ4v) is 10.8. The first-order valence-electron chi connectivity index (χ1n) is 19.1. The third-order valence-electron chi connectivity index (χ3n) is 10.1. The third-order valence-corrected chi connectivity index (χ3v) is 13.3. The molecule has 1 heterocycles. The molecule has 3 aliphatic rings. The van der Waals surface area contributed by atoms with Crippen LogP contribution in [0.1, 0.15) is 72.8 Å². The van der Waals surface area contributed by atoms with Crippen molar-refractivity contribution in [3.63, 3.8) is 0 Å². The number of esters is 1. The molecular formula is C44H40As2F5NO12. The Morgan fingerprint density at radius 2 is 1.31 bits per heavy atom. The van der Waals surface area contributed by atoms with Gasteiger partial charge in [0.15, 0.2) is 0 Å². The summed E-state index contributed by atoms with van der Waals surface area (Å²) in [5, 5.41) is 12.6. The van der Waals surface area contributed by atoms with Crippen LogP contribution in [0, 0.1) is 39.9 Å². The molecule has 4 aromatic rings. The van der Waals surface area contributed by atoms with Gasteiger partial charge < -0.3 is 10.1 Å². The second-order valence-corrected chi connectivity index (χ2v) is 23.6. The molecule has 4 aromatic carbocycles. The molecule has 0 aromatic heterocycles. The number of carbonyl (C=O) groups is 3. The van der Waals surface area contributed by atoms with Gasteiger partial charge in [-0.15, -0.1) is 0 Å². The van der Waals surface area contributed by atoms with E-state index in [1.165, 1.54) is 6.07 Å². The number of benzene rings is 4.